The minimum absolute atomic E-state index is 0.268. The van der Waals surface area contributed by atoms with Crippen LogP contribution < -0.4 is 4.90 Å². The molecular formula is C19H23FN2O. The first-order chi connectivity index (χ1) is 11.2. The summed E-state index contributed by atoms with van der Waals surface area (Å²) in [5.41, 5.74) is 1.89. The molecule has 3 nitrogen and oxygen atoms in total. The van der Waals surface area contributed by atoms with Gasteiger partial charge in [0.1, 0.15) is 0 Å². The quantitative estimate of drug-likeness (QED) is 0.918. The van der Waals surface area contributed by atoms with Crippen LogP contribution in [-0.4, -0.2) is 29.3 Å². The van der Waals surface area contributed by atoms with E-state index in [0.29, 0.717) is 11.6 Å². The van der Waals surface area contributed by atoms with E-state index >= 15 is 0 Å². The molecule has 0 aliphatic carbocycles. The molecule has 1 atom stereocenters. The first-order valence-electron chi connectivity index (χ1n) is 8.30. The third-order valence-electron chi connectivity index (χ3n) is 4.75. The van der Waals surface area contributed by atoms with Crippen molar-refractivity contribution < 1.29 is 9.50 Å². The van der Waals surface area contributed by atoms with Crippen LogP contribution in [0.15, 0.2) is 48.8 Å². The van der Waals surface area contributed by atoms with E-state index in [1.54, 1.807) is 12.3 Å². The molecule has 1 aromatic heterocycles. The molecule has 0 bridgehead atoms. The predicted molar refractivity (Wildman–Crippen MR) is 89.9 cm³/mol. The number of aliphatic hydroxyl groups is 1. The van der Waals surface area contributed by atoms with Gasteiger partial charge in [-0.05, 0) is 43.2 Å². The molecule has 2 aromatic rings. The van der Waals surface area contributed by atoms with Crippen molar-refractivity contribution in [2.24, 2.45) is 5.92 Å². The maximum atomic E-state index is 13.8. The van der Waals surface area contributed by atoms with Crippen LogP contribution in [0.1, 0.15) is 24.8 Å². The number of aliphatic hydroxyl groups excluding tert-OH is 1. The number of aromatic nitrogens is 1. The molecule has 1 fully saturated rings. The molecule has 122 valence electrons. The van der Waals surface area contributed by atoms with Crippen molar-refractivity contribution in [1.29, 1.82) is 0 Å². The zero-order valence-corrected chi connectivity index (χ0v) is 13.2. The summed E-state index contributed by atoms with van der Waals surface area (Å²) in [4.78, 5) is 5.85. The number of nitrogens with zero attached hydrogens (tertiary/aromatic N) is 2. The van der Waals surface area contributed by atoms with Gasteiger partial charge in [-0.3, -0.25) is 4.98 Å². The first-order valence-corrected chi connectivity index (χ1v) is 8.30. The Morgan fingerprint density at radius 1 is 1.17 bits per heavy atom. The molecule has 1 aromatic carbocycles. The Morgan fingerprint density at radius 2 is 1.91 bits per heavy atom. The van der Waals surface area contributed by atoms with Gasteiger partial charge in [0.15, 0.2) is 5.82 Å². The molecule has 1 unspecified atom stereocenters. The van der Waals surface area contributed by atoms with E-state index in [4.69, 9.17) is 0 Å². The van der Waals surface area contributed by atoms with Gasteiger partial charge in [0.2, 0.25) is 0 Å². The van der Waals surface area contributed by atoms with E-state index in [0.717, 1.165) is 38.8 Å². The van der Waals surface area contributed by atoms with Crippen molar-refractivity contribution >= 4 is 5.69 Å². The Balaban J connectivity index is 1.49. The third-order valence-corrected chi connectivity index (χ3v) is 4.75. The number of piperidine rings is 1. The summed E-state index contributed by atoms with van der Waals surface area (Å²) in [6.45, 7) is 1.57. The fraction of sp³-hybridized carbons (Fsp3) is 0.421. The second-order valence-corrected chi connectivity index (χ2v) is 6.24. The molecule has 0 radical (unpaired) electrons. The van der Waals surface area contributed by atoms with Crippen molar-refractivity contribution in [3.05, 3.63) is 60.2 Å². The molecule has 1 saturated heterocycles. The average Bonchev–Trinajstić information content (AvgIpc) is 2.61. The lowest BCUT2D eigenvalue weighted by Gasteiger charge is -2.35. The zero-order chi connectivity index (χ0) is 16.1. The summed E-state index contributed by atoms with van der Waals surface area (Å²) in [5, 5.41) is 10.4. The number of hydrogen-bond acceptors (Lipinski definition) is 3. The lowest BCUT2D eigenvalue weighted by molar-refractivity contribution is 0.0850. The highest BCUT2D eigenvalue weighted by Gasteiger charge is 2.26. The highest BCUT2D eigenvalue weighted by atomic mass is 19.1. The Labute approximate surface area is 136 Å². The van der Waals surface area contributed by atoms with E-state index in [1.807, 2.05) is 18.2 Å². The molecule has 1 aliphatic heterocycles. The molecule has 0 spiro atoms. The highest BCUT2D eigenvalue weighted by molar-refractivity contribution is 5.46. The fourth-order valence-corrected chi connectivity index (χ4v) is 3.34. The van der Waals surface area contributed by atoms with Gasteiger partial charge in [-0.1, -0.05) is 30.3 Å². The maximum Gasteiger partial charge on any atom is 0.164 e. The van der Waals surface area contributed by atoms with Gasteiger partial charge in [-0.2, -0.15) is 0 Å². The van der Waals surface area contributed by atoms with Gasteiger partial charge in [0.05, 0.1) is 18.0 Å². The smallest absolute Gasteiger partial charge is 0.164 e. The minimum atomic E-state index is -0.278. The second-order valence-electron chi connectivity index (χ2n) is 6.24. The topological polar surface area (TPSA) is 36.4 Å². The molecular weight excluding hydrogens is 291 g/mol. The van der Waals surface area contributed by atoms with Gasteiger partial charge >= 0.3 is 0 Å². The van der Waals surface area contributed by atoms with Gasteiger partial charge in [0, 0.05) is 19.3 Å². The van der Waals surface area contributed by atoms with Crippen molar-refractivity contribution in [1.82, 2.24) is 4.98 Å². The van der Waals surface area contributed by atoms with Crippen LogP contribution in [0.3, 0.4) is 0 Å². The third kappa shape index (κ3) is 4.08. The van der Waals surface area contributed by atoms with Crippen molar-refractivity contribution in [2.45, 2.75) is 31.8 Å². The van der Waals surface area contributed by atoms with E-state index in [-0.39, 0.29) is 11.9 Å². The number of hydrogen-bond donors (Lipinski definition) is 1. The van der Waals surface area contributed by atoms with Crippen LogP contribution in [0.2, 0.25) is 0 Å². The first kappa shape index (κ1) is 15.9. The lowest BCUT2D eigenvalue weighted by atomic mass is 9.88. The summed E-state index contributed by atoms with van der Waals surface area (Å²) in [7, 11) is 0. The van der Waals surface area contributed by atoms with E-state index in [1.165, 1.54) is 11.8 Å². The minimum Gasteiger partial charge on any atom is -0.393 e. The highest BCUT2D eigenvalue weighted by Crippen LogP contribution is 2.28. The van der Waals surface area contributed by atoms with Crippen LogP contribution in [-0.2, 0) is 6.42 Å². The summed E-state index contributed by atoms with van der Waals surface area (Å²) in [6.07, 6.45) is 6.10. The van der Waals surface area contributed by atoms with Crippen LogP contribution in [0.4, 0.5) is 10.1 Å². The van der Waals surface area contributed by atoms with Crippen LogP contribution in [0.5, 0.6) is 0 Å². The number of rotatable bonds is 5. The maximum absolute atomic E-state index is 13.8. The van der Waals surface area contributed by atoms with Crippen LogP contribution in [0.25, 0.3) is 0 Å². The Morgan fingerprint density at radius 3 is 2.61 bits per heavy atom. The molecule has 4 heteroatoms. The monoisotopic (exact) mass is 314 g/mol. The Kier molecular flexibility index (Phi) is 5.23. The number of benzene rings is 1. The van der Waals surface area contributed by atoms with Gasteiger partial charge in [0.25, 0.3) is 0 Å². The SMILES string of the molecule is OC(CCc1ccccc1)C1CCN(c2ccncc2F)CC1. The number of aryl methyl sites for hydroxylation is 1. The van der Waals surface area contributed by atoms with Crippen LogP contribution in [0, 0.1) is 11.7 Å². The number of anilines is 1. The van der Waals surface area contributed by atoms with E-state index in [2.05, 4.69) is 22.0 Å². The molecule has 3 rings (SSSR count). The average molecular weight is 314 g/mol. The van der Waals surface area contributed by atoms with Gasteiger partial charge in [-0.25, -0.2) is 4.39 Å². The number of halogens is 1. The summed E-state index contributed by atoms with van der Waals surface area (Å²) in [6, 6.07) is 12.0. The van der Waals surface area contributed by atoms with E-state index in [9.17, 15) is 9.50 Å². The molecule has 0 amide bonds. The molecule has 0 saturated carbocycles. The normalized spacial score (nSPS) is 17.2. The van der Waals surface area contributed by atoms with Crippen molar-refractivity contribution in [3.8, 4) is 0 Å². The van der Waals surface area contributed by atoms with Gasteiger partial charge in [-0.15, -0.1) is 0 Å². The molecule has 2 heterocycles. The van der Waals surface area contributed by atoms with E-state index < -0.39 is 0 Å². The lowest BCUT2D eigenvalue weighted by Crippen LogP contribution is -2.38. The molecule has 23 heavy (non-hydrogen) atoms. The standard InChI is InChI=1S/C19H23FN2O/c20-17-14-21-11-8-18(17)22-12-9-16(10-13-22)19(23)7-6-15-4-2-1-3-5-15/h1-5,8,11,14,16,19,23H,6-7,9-10,12-13H2. The van der Waals surface area contributed by atoms with Crippen molar-refractivity contribution in [2.75, 3.05) is 18.0 Å². The second kappa shape index (κ2) is 7.55. The van der Waals surface area contributed by atoms with Gasteiger partial charge < -0.3 is 10.0 Å². The Bertz CT molecular complexity index is 612. The van der Waals surface area contributed by atoms with Crippen molar-refractivity contribution in [3.63, 3.8) is 0 Å². The Hall–Kier alpha value is -1.94. The molecule has 1 N–H and O–H groups in total. The summed E-state index contributed by atoms with van der Waals surface area (Å²) < 4.78 is 13.8. The zero-order valence-electron chi connectivity index (χ0n) is 13.2. The fourth-order valence-electron chi connectivity index (χ4n) is 3.34. The summed E-state index contributed by atoms with van der Waals surface area (Å²) >= 11 is 0. The predicted octanol–water partition coefficient (Wildman–Crippen LogP) is 3.43. The largest absolute Gasteiger partial charge is 0.393 e. The number of pyridine rings is 1. The van der Waals surface area contributed by atoms with Crippen LogP contribution >= 0.6 is 0 Å². The molecule has 1 aliphatic rings. The summed E-state index contributed by atoms with van der Waals surface area (Å²) in [5.74, 6) is 0.0374.